The Kier molecular flexibility index (Phi) is 6.68. The first-order chi connectivity index (χ1) is 13.1. The highest BCUT2D eigenvalue weighted by molar-refractivity contribution is 7.11. The lowest BCUT2D eigenvalue weighted by Gasteiger charge is -2.20. The second-order valence-electron chi connectivity index (χ2n) is 6.21. The van der Waals surface area contributed by atoms with Crippen molar-refractivity contribution in [3.63, 3.8) is 0 Å². The lowest BCUT2D eigenvalue weighted by atomic mass is 10.3. The zero-order valence-electron chi connectivity index (χ0n) is 15.6. The maximum atomic E-state index is 12.7. The number of nitrogens with zero attached hydrogens (tertiary/aromatic N) is 1. The van der Waals surface area contributed by atoms with Crippen LogP contribution in [0.1, 0.15) is 22.4 Å². The Labute approximate surface area is 163 Å². The summed E-state index contributed by atoms with van der Waals surface area (Å²) in [7, 11) is 0. The first-order valence-electron chi connectivity index (χ1n) is 8.95. The van der Waals surface area contributed by atoms with Crippen molar-refractivity contribution in [2.24, 2.45) is 0 Å². The number of aryl methyl sites for hydroxylation is 1. The molecule has 1 amide bonds. The number of hydrogen-bond donors (Lipinski definition) is 1. The number of benzene rings is 1. The third-order valence-corrected chi connectivity index (χ3v) is 4.95. The van der Waals surface area contributed by atoms with Crippen molar-refractivity contribution in [2.75, 3.05) is 18.5 Å². The van der Waals surface area contributed by atoms with Crippen LogP contribution in [-0.2, 0) is 17.9 Å². The Balaban J connectivity index is 1.68. The fourth-order valence-corrected chi connectivity index (χ4v) is 3.76. The highest BCUT2D eigenvalue weighted by Crippen LogP contribution is 2.24. The largest absolute Gasteiger partial charge is 0.492 e. The van der Waals surface area contributed by atoms with Gasteiger partial charge in [-0.1, -0.05) is 12.1 Å². The molecule has 0 fully saturated rings. The summed E-state index contributed by atoms with van der Waals surface area (Å²) in [5.41, 5.74) is 0.689. The molecule has 0 radical (unpaired) electrons. The molecular formula is C21H24N2O3S. The first-order valence-corrected chi connectivity index (χ1v) is 9.77. The van der Waals surface area contributed by atoms with Gasteiger partial charge in [-0.15, -0.1) is 11.3 Å². The summed E-state index contributed by atoms with van der Waals surface area (Å²) in [6.45, 7) is 6.09. The predicted octanol–water partition coefficient (Wildman–Crippen LogP) is 4.69. The van der Waals surface area contributed by atoms with Crippen molar-refractivity contribution in [2.45, 2.75) is 26.9 Å². The third-order valence-electron chi connectivity index (χ3n) is 3.96. The summed E-state index contributed by atoms with van der Waals surface area (Å²) in [6.07, 6.45) is 1.65. The number of ether oxygens (including phenoxy) is 1. The van der Waals surface area contributed by atoms with Crippen LogP contribution in [0.15, 0.2) is 59.2 Å². The molecule has 3 rings (SSSR count). The lowest BCUT2D eigenvalue weighted by molar-refractivity contribution is -0.117. The van der Waals surface area contributed by atoms with Crippen molar-refractivity contribution in [1.82, 2.24) is 4.90 Å². The Bertz CT molecular complexity index is 858. The van der Waals surface area contributed by atoms with Crippen LogP contribution in [0.25, 0.3) is 0 Å². The van der Waals surface area contributed by atoms with Crippen LogP contribution in [-0.4, -0.2) is 24.0 Å². The molecule has 0 aliphatic rings. The Morgan fingerprint density at radius 3 is 2.70 bits per heavy atom. The minimum absolute atomic E-state index is 0.0815. The third kappa shape index (κ3) is 5.70. The standard InChI is InChI=1S/C21H24N2O3S/c1-3-25-20-9-5-4-8-19(20)22-21(24)15-23(13-17-7-6-12-26-17)14-18-11-10-16(2)27-18/h4-12H,3,13-15H2,1-2H3,(H,22,24). The summed E-state index contributed by atoms with van der Waals surface area (Å²) in [5, 5.41) is 2.96. The van der Waals surface area contributed by atoms with E-state index in [9.17, 15) is 4.79 Å². The SMILES string of the molecule is CCOc1ccccc1NC(=O)CN(Cc1ccco1)Cc1ccc(C)s1. The molecule has 5 nitrogen and oxygen atoms in total. The van der Waals surface area contributed by atoms with Gasteiger partial charge >= 0.3 is 0 Å². The number of carbonyl (C=O) groups excluding carboxylic acids is 1. The molecule has 0 bridgehead atoms. The number of rotatable bonds is 9. The Hall–Kier alpha value is -2.57. The molecule has 142 valence electrons. The van der Waals surface area contributed by atoms with Crippen LogP contribution in [0.2, 0.25) is 0 Å². The number of thiophene rings is 1. The zero-order valence-corrected chi connectivity index (χ0v) is 16.4. The summed E-state index contributed by atoms with van der Waals surface area (Å²) >= 11 is 1.74. The van der Waals surface area contributed by atoms with E-state index in [-0.39, 0.29) is 12.5 Å². The average molecular weight is 385 g/mol. The van der Waals surface area contributed by atoms with Gasteiger partial charge in [0.25, 0.3) is 0 Å². The van der Waals surface area contributed by atoms with E-state index in [0.717, 1.165) is 5.76 Å². The van der Waals surface area contributed by atoms with Gasteiger partial charge in [-0.2, -0.15) is 0 Å². The first kappa shape index (κ1) is 19.2. The summed E-state index contributed by atoms with van der Waals surface area (Å²) < 4.78 is 11.1. The highest BCUT2D eigenvalue weighted by Gasteiger charge is 2.16. The highest BCUT2D eigenvalue weighted by atomic mass is 32.1. The smallest absolute Gasteiger partial charge is 0.238 e. The monoisotopic (exact) mass is 384 g/mol. The van der Waals surface area contributed by atoms with Crippen molar-refractivity contribution in [3.05, 3.63) is 70.3 Å². The molecule has 1 N–H and O–H groups in total. The van der Waals surface area contributed by atoms with Gasteiger partial charge in [0.1, 0.15) is 11.5 Å². The molecule has 2 aromatic heterocycles. The molecule has 0 aliphatic carbocycles. The fourth-order valence-electron chi connectivity index (χ4n) is 2.83. The van der Waals surface area contributed by atoms with Gasteiger partial charge in [-0.05, 0) is 50.2 Å². The van der Waals surface area contributed by atoms with Crippen LogP contribution < -0.4 is 10.1 Å². The van der Waals surface area contributed by atoms with E-state index in [1.54, 1.807) is 17.6 Å². The van der Waals surface area contributed by atoms with E-state index in [2.05, 4.69) is 29.3 Å². The number of furan rings is 1. The topological polar surface area (TPSA) is 54.7 Å². The molecule has 6 heteroatoms. The second-order valence-corrected chi connectivity index (χ2v) is 7.59. The molecule has 0 spiro atoms. The molecule has 0 saturated heterocycles. The molecule has 27 heavy (non-hydrogen) atoms. The van der Waals surface area contributed by atoms with E-state index < -0.39 is 0 Å². The van der Waals surface area contributed by atoms with E-state index in [1.807, 2.05) is 43.3 Å². The van der Waals surface area contributed by atoms with Gasteiger partial charge in [0.05, 0.1) is 31.6 Å². The average Bonchev–Trinajstić information content (AvgIpc) is 3.28. The minimum atomic E-state index is -0.0815. The fraction of sp³-hybridized carbons (Fsp3) is 0.286. The van der Waals surface area contributed by atoms with Crippen molar-refractivity contribution in [1.29, 1.82) is 0 Å². The molecule has 0 aliphatic heterocycles. The number of carbonyl (C=O) groups is 1. The molecule has 0 saturated carbocycles. The molecule has 1 aromatic carbocycles. The van der Waals surface area contributed by atoms with Gasteiger partial charge in [0.2, 0.25) is 5.91 Å². The summed E-state index contributed by atoms with van der Waals surface area (Å²) in [6, 6.07) is 15.5. The number of anilines is 1. The molecule has 0 unspecified atom stereocenters. The van der Waals surface area contributed by atoms with Gasteiger partial charge in [0, 0.05) is 16.3 Å². The maximum absolute atomic E-state index is 12.7. The molecule has 0 atom stereocenters. The second kappa shape index (κ2) is 9.39. The van der Waals surface area contributed by atoms with Crippen molar-refractivity contribution >= 4 is 22.9 Å². The summed E-state index contributed by atoms with van der Waals surface area (Å²) in [4.78, 5) is 17.2. The maximum Gasteiger partial charge on any atom is 0.238 e. The normalized spacial score (nSPS) is 10.9. The van der Waals surface area contributed by atoms with Gasteiger partial charge < -0.3 is 14.5 Å². The molecule has 2 heterocycles. The molecular weight excluding hydrogens is 360 g/mol. The quantitative estimate of drug-likeness (QED) is 0.581. The van der Waals surface area contributed by atoms with Crippen LogP contribution in [0, 0.1) is 6.92 Å². The van der Waals surface area contributed by atoms with Gasteiger partial charge in [-0.3, -0.25) is 9.69 Å². The molecule has 3 aromatic rings. The van der Waals surface area contributed by atoms with Crippen LogP contribution in [0.5, 0.6) is 5.75 Å². The Morgan fingerprint density at radius 1 is 1.15 bits per heavy atom. The van der Waals surface area contributed by atoms with E-state index in [4.69, 9.17) is 9.15 Å². The van der Waals surface area contributed by atoms with Crippen LogP contribution in [0.4, 0.5) is 5.69 Å². The van der Waals surface area contributed by atoms with Gasteiger partial charge in [-0.25, -0.2) is 0 Å². The van der Waals surface area contributed by atoms with Crippen molar-refractivity contribution in [3.8, 4) is 5.75 Å². The lowest BCUT2D eigenvalue weighted by Crippen LogP contribution is -2.32. The zero-order chi connectivity index (χ0) is 19.1. The summed E-state index contributed by atoms with van der Waals surface area (Å²) in [5.74, 6) is 1.44. The number of hydrogen-bond acceptors (Lipinski definition) is 5. The van der Waals surface area contributed by atoms with Crippen LogP contribution >= 0.6 is 11.3 Å². The van der Waals surface area contributed by atoms with Gasteiger partial charge in [0.15, 0.2) is 0 Å². The predicted molar refractivity (Wildman–Crippen MR) is 108 cm³/mol. The van der Waals surface area contributed by atoms with E-state index in [0.29, 0.717) is 31.1 Å². The number of amides is 1. The number of para-hydroxylation sites is 2. The van der Waals surface area contributed by atoms with E-state index >= 15 is 0 Å². The van der Waals surface area contributed by atoms with Crippen molar-refractivity contribution < 1.29 is 13.9 Å². The Morgan fingerprint density at radius 2 is 2.00 bits per heavy atom. The van der Waals surface area contributed by atoms with E-state index in [1.165, 1.54) is 9.75 Å². The number of nitrogens with one attached hydrogen (secondary N) is 1. The van der Waals surface area contributed by atoms with Crippen LogP contribution in [0.3, 0.4) is 0 Å². The minimum Gasteiger partial charge on any atom is -0.492 e.